The number of nitrogens with two attached hydrogens (primary N) is 1. The Morgan fingerprint density at radius 3 is 3.12 bits per heavy atom. The van der Waals surface area contributed by atoms with Gasteiger partial charge in [-0.15, -0.1) is 0 Å². The molecule has 1 aromatic heterocycles. The molecule has 2 N–H and O–H groups in total. The average Bonchev–Trinajstić information content (AvgIpc) is 2.91. The van der Waals surface area contributed by atoms with Gasteiger partial charge in [0.05, 0.1) is 18.4 Å². The summed E-state index contributed by atoms with van der Waals surface area (Å²) in [5, 5.41) is 4.29. The van der Waals surface area contributed by atoms with Crippen LogP contribution in [0.15, 0.2) is 36.7 Å². The van der Waals surface area contributed by atoms with Crippen LogP contribution in [0.5, 0.6) is 0 Å². The number of hydrogen-bond donors (Lipinski definition) is 1. The minimum absolute atomic E-state index is 0.0225. The lowest BCUT2D eigenvalue weighted by Crippen LogP contribution is -2.24. The molecule has 1 aliphatic rings. The SMILES string of the molecule is NCC1OCCc2c1cccc2-n1cccn1. The summed E-state index contributed by atoms with van der Waals surface area (Å²) in [6.07, 6.45) is 4.69. The van der Waals surface area contributed by atoms with Crippen molar-refractivity contribution in [1.82, 2.24) is 9.78 Å². The summed E-state index contributed by atoms with van der Waals surface area (Å²) in [4.78, 5) is 0. The molecule has 3 rings (SSSR count). The molecule has 1 aromatic carbocycles. The lowest BCUT2D eigenvalue weighted by atomic mass is 9.96. The molecule has 0 radical (unpaired) electrons. The molecule has 0 amide bonds. The molecule has 1 atom stereocenters. The van der Waals surface area contributed by atoms with Crippen molar-refractivity contribution in [1.29, 1.82) is 0 Å². The van der Waals surface area contributed by atoms with E-state index >= 15 is 0 Å². The molecule has 2 aromatic rings. The first-order valence-corrected chi connectivity index (χ1v) is 5.83. The Balaban J connectivity index is 2.12. The largest absolute Gasteiger partial charge is 0.372 e. The van der Waals surface area contributed by atoms with Gasteiger partial charge in [-0.05, 0) is 29.7 Å². The highest BCUT2D eigenvalue weighted by atomic mass is 16.5. The highest BCUT2D eigenvalue weighted by Gasteiger charge is 2.22. The molecule has 4 nitrogen and oxygen atoms in total. The quantitative estimate of drug-likeness (QED) is 0.848. The molecule has 0 saturated carbocycles. The van der Waals surface area contributed by atoms with Crippen LogP contribution in [0.2, 0.25) is 0 Å². The fourth-order valence-corrected chi connectivity index (χ4v) is 2.38. The van der Waals surface area contributed by atoms with Crippen molar-refractivity contribution >= 4 is 0 Å². The Kier molecular flexibility index (Phi) is 2.66. The fourth-order valence-electron chi connectivity index (χ4n) is 2.38. The molecular weight excluding hydrogens is 214 g/mol. The third kappa shape index (κ3) is 1.75. The second-order valence-electron chi connectivity index (χ2n) is 4.14. The van der Waals surface area contributed by atoms with E-state index in [2.05, 4.69) is 17.2 Å². The number of fused-ring (bicyclic) bond motifs is 1. The van der Waals surface area contributed by atoms with Crippen LogP contribution in [0.1, 0.15) is 17.2 Å². The van der Waals surface area contributed by atoms with Gasteiger partial charge in [0.1, 0.15) is 0 Å². The van der Waals surface area contributed by atoms with E-state index in [-0.39, 0.29) is 6.10 Å². The van der Waals surface area contributed by atoms with Crippen molar-refractivity contribution < 1.29 is 4.74 Å². The monoisotopic (exact) mass is 229 g/mol. The van der Waals surface area contributed by atoms with Crippen molar-refractivity contribution in [3.63, 3.8) is 0 Å². The van der Waals surface area contributed by atoms with Crippen molar-refractivity contribution in [2.75, 3.05) is 13.2 Å². The van der Waals surface area contributed by atoms with Gasteiger partial charge in [-0.1, -0.05) is 12.1 Å². The molecule has 17 heavy (non-hydrogen) atoms. The first-order chi connectivity index (χ1) is 8.40. The van der Waals surface area contributed by atoms with Gasteiger partial charge in [0.2, 0.25) is 0 Å². The Labute approximate surface area is 100 Å². The zero-order valence-corrected chi connectivity index (χ0v) is 9.54. The lowest BCUT2D eigenvalue weighted by molar-refractivity contribution is 0.0484. The first kappa shape index (κ1) is 10.5. The van der Waals surface area contributed by atoms with Gasteiger partial charge < -0.3 is 10.5 Å². The molecular formula is C13H15N3O. The fraction of sp³-hybridized carbons (Fsp3) is 0.308. The molecule has 0 saturated heterocycles. The third-order valence-corrected chi connectivity index (χ3v) is 3.17. The van der Waals surface area contributed by atoms with E-state index < -0.39 is 0 Å². The van der Waals surface area contributed by atoms with E-state index in [0.29, 0.717) is 6.54 Å². The molecule has 0 aliphatic carbocycles. The third-order valence-electron chi connectivity index (χ3n) is 3.17. The van der Waals surface area contributed by atoms with Crippen LogP contribution in [0.25, 0.3) is 5.69 Å². The number of aromatic nitrogens is 2. The van der Waals surface area contributed by atoms with Crippen molar-refractivity contribution in [3.05, 3.63) is 47.8 Å². The maximum atomic E-state index is 5.74. The lowest BCUT2D eigenvalue weighted by Gasteiger charge is -2.26. The van der Waals surface area contributed by atoms with Gasteiger partial charge in [-0.2, -0.15) is 5.10 Å². The van der Waals surface area contributed by atoms with E-state index in [0.717, 1.165) is 18.7 Å². The minimum Gasteiger partial charge on any atom is -0.372 e. The van der Waals surface area contributed by atoms with Crippen LogP contribution < -0.4 is 5.73 Å². The maximum absolute atomic E-state index is 5.74. The van der Waals surface area contributed by atoms with E-state index in [1.165, 1.54) is 11.1 Å². The van der Waals surface area contributed by atoms with E-state index in [4.69, 9.17) is 10.5 Å². The number of nitrogens with zero attached hydrogens (tertiary/aromatic N) is 2. The molecule has 88 valence electrons. The molecule has 0 spiro atoms. The van der Waals surface area contributed by atoms with Crippen LogP contribution in [0.4, 0.5) is 0 Å². The summed E-state index contributed by atoms with van der Waals surface area (Å²) in [6, 6.07) is 8.15. The van der Waals surface area contributed by atoms with Gasteiger partial charge in [0, 0.05) is 18.9 Å². The summed E-state index contributed by atoms with van der Waals surface area (Å²) < 4.78 is 7.57. The predicted octanol–water partition coefficient (Wildman–Crippen LogP) is 1.44. The van der Waals surface area contributed by atoms with Crippen LogP contribution in [-0.4, -0.2) is 22.9 Å². The summed E-state index contributed by atoms with van der Waals surface area (Å²) in [7, 11) is 0. The number of rotatable bonds is 2. The zero-order chi connectivity index (χ0) is 11.7. The number of ether oxygens (including phenoxy) is 1. The average molecular weight is 229 g/mol. The van der Waals surface area contributed by atoms with Crippen LogP contribution in [-0.2, 0) is 11.2 Å². The molecule has 1 aliphatic heterocycles. The van der Waals surface area contributed by atoms with Crippen molar-refractivity contribution in [3.8, 4) is 5.69 Å². The van der Waals surface area contributed by atoms with E-state index in [9.17, 15) is 0 Å². The summed E-state index contributed by atoms with van der Waals surface area (Å²) in [5.74, 6) is 0. The first-order valence-electron chi connectivity index (χ1n) is 5.83. The van der Waals surface area contributed by atoms with Gasteiger partial charge in [0.25, 0.3) is 0 Å². The van der Waals surface area contributed by atoms with Gasteiger partial charge in [-0.3, -0.25) is 0 Å². The smallest absolute Gasteiger partial charge is 0.0950 e. The number of benzene rings is 1. The molecule has 0 bridgehead atoms. The highest BCUT2D eigenvalue weighted by molar-refractivity contribution is 5.47. The molecule has 2 heterocycles. The van der Waals surface area contributed by atoms with Crippen LogP contribution >= 0.6 is 0 Å². The Hall–Kier alpha value is -1.65. The Morgan fingerprint density at radius 1 is 1.41 bits per heavy atom. The minimum atomic E-state index is 0.0225. The van der Waals surface area contributed by atoms with E-state index in [1.54, 1.807) is 6.20 Å². The van der Waals surface area contributed by atoms with Gasteiger partial charge in [0.15, 0.2) is 0 Å². The highest BCUT2D eigenvalue weighted by Crippen LogP contribution is 2.30. The predicted molar refractivity (Wildman–Crippen MR) is 65.0 cm³/mol. The normalized spacial score (nSPS) is 19.0. The van der Waals surface area contributed by atoms with Gasteiger partial charge in [-0.25, -0.2) is 4.68 Å². The van der Waals surface area contributed by atoms with Crippen molar-refractivity contribution in [2.45, 2.75) is 12.5 Å². The number of hydrogen-bond acceptors (Lipinski definition) is 3. The van der Waals surface area contributed by atoms with Crippen LogP contribution in [0, 0.1) is 0 Å². The summed E-state index contributed by atoms with van der Waals surface area (Å²) >= 11 is 0. The van der Waals surface area contributed by atoms with Crippen LogP contribution in [0.3, 0.4) is 0 Å². The molecule has 1 unspecified atom stereocenters. The van der Waals surface area contributed by atoms with Crippen molar-refractivity contribution in [2.24, 2.45) is 5.73 Å². The maximum Gasteiger partial charge on any atom is 0.0950 e. The second kappa shape index (κ2) is 4.31. The topological polar surface area (TPSA) is 53.1 Å². The van der Waals surface area contributed by atoms with Gasteiger partial charge >= 0.3 is 0 Å². The summed E-state index contributed by atoms with van der Waals surface area (Å²) in [6.45, 7) is 1.25. The summed E-state index contributed by atoms with van der Waals surface area (Å²) in [5.41, 5.74) is 9.38. The second-order valence-corrected chi connectivity index (χ2v) is 4.14. The Bertz CT molecular complexity index is 507. The standard InChI is InChI=1S/C13H15N3O/c14-9-13-11-3-1-4-12(10(11)5-8-17-13)16-7-2-6-15-16/h1-4,6-7,13H,5,8-9,14H2. The molecule has 4 heteroatoms. The zero-order valence-electron chi connectivity index (χ0n) is 9.54. The molecule has 0 fully saturated rings. The van der Waals surface area contributed by atoms with E-state index in [1.807, 2.05) is 23.0 Å². The Morgan fingerprint density at radius 2 is 2.35 bits per heavy atom.